The van der Waals surface area contributed by atoms with E-state index in [0.29, 0.717) is 30.5 Å². The van der Waals surface area contributed by atoms with Crippen LogP contribution >= 0.6 is 35.3 Å². The average Bonchev–Trinajstić information content (AvgIpc) is 3.34. The van der Waals surface area contributed by atoms with E-state index in [-0.39, 0.29) is 41.1 Å². The fourth-order valence-corrected chi connectivity index (χ4v) is 3.69. The van der Waals surface area contributed by atoms with Crippen molar-refractivity contribution in [1.29, 1.82) is 0 Å². The summed E-state index contributed by atoms with van der Waals surface area (Å²) in [7, 11) is 1.70. The Labute approximate surface area is 185 Å². The van der Waals surface area contributed by atoms with Crippen molar-refractivity contribution in [2.45, 2.75) is 25.2 Å². The molecule has 0 radical (unpaired) electrons. The quantitative estimate of drug-likeness (QED) is 0.229. The van der Waals surface area contributed by atoms with Gasteiger partial charge >= 0.3 is 0 Å². The predicted molar refractivity (Wildman–Crippen MR) is 121 cm³/mol. The lowest BCUT2D eigenvalue weighted by Gasteiger charge is -2.19. The summed E-state index contributed by atoms with van der Waals surface area (Å²) >= 11 is 1.34. The summed E-state index contributed by atoms with van der Waals surface area (Å²) in [6.07, 6.45) is 2.06. The van der Waals surface area contributed by atoms with Gasteiger partial charge in [0.1, 0.15) is 10.7 Å². The lowest BCUT2D eigenvalue weighted by atomic mass is 9.96. The van der Waals surface area contributed by atoms with E-state index in [1.807, 2.05) is 13.0 Å². The molecule has 152 valence electrons. The molecule has 0 spiro atoms. The van der Waals surface area contributed by atoms with Gasteiger partial charge in [-0.1, -0.05) is 12.1 Å². The summed E-state index contributed by atoms with van der Waals surface area (Å²) < 4.78 is 13.5. The van der Waals surface area contributed by atoms with Gasteiger partial charge in [-0.15, -0.1) is 35.3 Å². The molecule has 0 bridgehead atoms. The van der Waals surface area contributed by atoms with Crippen molar-refractivity contribution < 1.29 is 9.18 Å². The molecule has 3 N–H and O–H groups in total. The molecule has 3 rings (SSSR count). The van der Waals surface area contributed by atoms with Crippen LogP contribution in [0.2, 0.25) is 0 Å². The maximum absolute atomic E-state index is 13.5. The van der Waals surface area contributed by atoms with Crippen LogP contribution in [-0.2, 0) is 5.41 Å². The molecule has 6 nitrogen and oxygen atoms in total. The van der Waals surface area contributed by atoms with Gasteiger partial charge in [-0.05, 0) is 37.5 Å². The Kier molecular flexibility index (Phi) is 8.17. The number of nitrogens with zero attached hydrogens (tertiary/aromatic N) is 2. The summed E-state index contributed by atoms with van der Waals surface area (Å²) in [5.74, 6) is 0.358. The van der Waals surface area contributed by atoms with E-state index in [2.05, 4.69) is 25.9 Å². The van der Waals surface area contributed by atoms with Gasteiger partial charge in [0.25, 0.3) is 5.91 Å². The van der Waals surface area contributed by atoms with Crippen LogP contribution in [0, 0.1) is 12.7 Å². The van der Waals surface area contributed by atoms with E-state index in [0.717, 1.165) is 24.1 Å². The van der Waals surface area contributed by atoms with Crippen molar-refractivity contribution in [3.63, 3.8) is 0 Å². The number of guanidine groups is 1. The highest BCUT2D eigenvalue weighted by Crippen LogP contribution is 2.47. The highest BCUT2D eigenvalue weighted by molar-refractivity contribution is 14.0. The number of carbonyl (C=O) groups excluding carboxylic acids is 1. The van der Waals surface area contributed by atoms with Gasteiger partial charge in [0, 0.05) is 32.1 Å². The summed E-state index contributed by atoms with van der Waals surface area (Å²) in [6.45, 7) is 3.55. The van der Waals surface area contributed by atoms with Crippen LogP contribution in [0.25, 0.3) is 0 Å². The van der Waals surface area contributed by atoms with Crippen LogP contribution in [0.4, 0.5) is 4.39 Å². The molecule has 1 aliphatic carbocycles. The third-order valence-corrected chi connectivity index (χ3v) is 5.69. The Morgan fingerprint density at radius 1 is 1.29 bits per heavy atom. The molecule has 0 aliphatic heterocycles. The number of aryl methyl sites for hydroxylation is 1. The minimum absolute atomic E-state index is 0. The minimum Gasteiger partial charge on any atom is -0.356 e. The molecule has 1 amide bonds. The first-order chi connectivity index (χ1) is 13.0. The van der Waals surface area contributed by atoms with Crippen LogP contribution in [0.1, 0.15) is 33.8 Å². The monoisotopic (exact) mass is 517 g/mol. The molecule has 0 saturated heterocycles. The molecule has 0 atom stereocenters. The third kappa shape index (κ3) is 5.63. The van der Waals surface area contributed by atoms with Crippen molar-refractivity contribution >= 4 is 47.2 Å². The third-order valence-electron chi connectivity index (χ3n) is 4.76. The maximum atomic E-state index is 13.5. The molecule has 1 fully saturated rings. The number of hydrogen-bond donors (Lipinski definition) is 3. The van der Waals surface area contributed by atoms with E-state index in [1.54, 1.807) is 24.7 Å². The number of thiazole rings is 1. The van der Waals surface area contributed by atoms with Crippen molar-refractivity contribution in [3.8, 4) is 0 Å². The van der Waals surface area contributed by atoms with Gasteiger partial charge in [-0.2, -0.15) is 0 Å². The number of aliphatic imine (C=N–C) groups is 1. The van der Waals surface area contributed by atoms with Crippen molar-refractivity contribution in [2.24, 2.45) is 4.99 Å². The molecule has 1 saturated carbocycles. The van der Waals surface area contributed by atoms with E-state index in [9.17, 15) is 9.18 Å². The molecule has 2 aromatic rings. The number of nitrogens with one attached hydrogen (secondary N) is 3. The SMILES string of the molecule is CN=C(NCCNC(=O)c1scnc1C)NCC1(c2cccc(F)c2)CC1.I. The Bertz CT molecular complexity index is 837. The van der Waals surface area contributed by atoms with Gasteiger partial charge in [-0.3, -0.25) is 9.79 Å². The Balaban J connectivity index is 0.00000280. The van der Waals surface area contributed by atoms with Crippen LogP contribution in [0.15, 0.2) is 34.8 Å². The van der Waals surface area contributed by atoms with E-state index >= 15 is 0 Å². The number of carbonyl (C=O) groups is 1. The molecule has 1 aromatic heterocycles. The summed E-state index contributed by atoms with van der Waals surface area (Å²) in [6, 6.07) is 6.81. The largest absolute Gasteiger partial charge is 0.356 e. The number of benzene rings is 1. The lowest BCUT2D eigenvalue weighted by Crippen LogP contribution is -2.44. The highest BCUT2D eigenvalue weighted by atomic mass is 127. The van der Waals surface area contributed by atoms with Crippen molar-refractivity contribution in [2.75, 3.05) is 26.7 Å². The molecule has 1 aliphatic rings. The standard InChI is InChI=1S/C19H24FN5OS.HI/c1-13-16(27-12-25-13)17(26)22-8-9-23-18(21-2)24-11-19(6-7-19)14-4-3-5-15(20)10-14;/h3-5,10,12H,6-9,11H2,1-2H3,(H,22,26)(H2,21,23,24);1H. The maximum Gasteiger partial charge on any atom is 0.263 e. The zero-order valence-corrected chi connectivity index (χ0v) is 19.1. The number of hydrogen-bond acceptors (Lipinski definition) is 4. The number of aromatic nitrogens is 1. The smallest absolute Gasteiger partial charge is 0.263 e. The van der Waals surface area contributed by atoms with E-state index in [4.69, 9.17) is 0 Å². The summed E-state index contributed by atoms with van der Waals surface area (Å²) in [5, 5.41) is 9.36. The zero-order valence-electron chi connectivity index (χ0n) is 15.9. The van der Waals surface area contributed by atoms with Crippen molar-refractivity contribution in [3.05, 3.63) is 51.7 Å². The molecular weight excluding hydrogens is 492 g/mol. The van der Waals surface area contributed by atoms with Crippen LogP contribution < -0.4 is 16.0 Å². The van der Waals surface area contributed by atoms with Gasteiger partial charge in [0.15, 0.2) is 5.96 Å². The van der Waals surface area contributed by atoms with Crippen LogP contribution in [0.5, 0.6) is 0 Å². The first-order valence-corrected chi connectivity index (χ1v) is 9.81. The van der Waals surface area contributed by atoms with Crippen LogP contribution in [-0.4, -0.2) is 43.5 Å². The molecule has 1 heterocycles. The predicted octanol–water partition coefficient (Wildman–Crippen LogP) is 2.84. The second-order valence-electron chi connectivity index (χ2n) is 6.67. The fourth-order valence-electron chi connectivity index (χ4n) is 2.97. The molecule has 1 aromatic carbocycles. The van der Waals surface area contributed by atoms with Gasteiger partial charge in [0.05, 0.1) is 11.2 Å². The van der Waals surface area contributed by atoms with Gasteiger partial charge in [-0.25, -0.2) is 9.37 Å². The molecule has 28 heavy (non-hydrogen) atoms. The van der Waals surface area contributed by atoms with Crippen molar-refractivity contribution in [1.82, 2.24) is 20.9 Å². The molecular formula is C19H25FIN5OS. The van der Waals surface area contributed by atoms with E-state index < -0.39 is 0 Å². The first-order valence-electron chi connectivity index (χ1n) is 8.93. The highest BCUT2D eigenvalue weighted by Gasteiger charge is 2.44. The average molecular weight is 517 g/mol. The fraction of sp³-hybridized carbons (Fsp3) is 0.421. The number of amides is 1. The normalized spacial score (nSPS) is 14.8. The first kappa shape index (κ1) is 22.5. The van der Waals surface area contributed by atoms with Gasteiger partial charge in [0.2, 0.25) is 0 Å². The summed E-state index contributed by atoms with van der Waals surface area (Å²) in [4.78, 5) is 21.0. The Morgan fingerprint density at radius 3 is 2.64 bits per heavy atom. The van der Waals surface area contributed by atoms with E-state index in [1.165, 1.54) is 17.4 Å². The number of rotatable bonds is 7. The lowest BCUT2D eigenvalue weighted by molar-refractivity contribution is 0.0957. The Morgan fingerprint density at radius 2 is 2.04 bits per heavy atom. The molecule has 0 unspecified atom stereocenters. The van der Waals surface area contributed by atoms with Gasteiger partial charge < -0.3 is 16.0 Å². The number of halogens is 2. The topological polar surface area (TPSA) is 78.4 Å². The zero-order chi connectivity index (χ0) is 19.3. The minimum atomic E-state index is -0.201. The second-order valence-corrected chi connectivity index (χ2v) is 7.52. The van der Waals surface area contributed by atoms with Crippen LogP contribution in [0.3, 0.4) is 0 Å². The summed E-state index contributed by atoms with van der Waals surface area (Å²) in [5.41, 5.74) is 3.42. The molecule has 9 heteroatoms. The Hall–Kier alpha value is -1.75. The second kappa shape index (κ2) is 10.1.